The molecule has 2 amide bonds. The summed E-state index contributed by atoms with van der Waals surface area (Å²) < 4.78 is 47.0. The summed E-state index contributed by atoms with van der Waals surface area (Å²) in [5.41, 5.74) is -1.90. The predicted octanol–water partition coefficient (Wildman–Crippen LogP) is 6.10. The highest BCUT2D eigenvalue weighted by Gasteiger charge is 2.34. The van der Waals surface area contributed by atoms with Gasteiger partial charge in [0.2, 0.25) is 5.91 Å². The number of ether oxygens (including phenoxy) is 1. The van der Waals surface area contributed by atoms with Gasteiger partial charge >= 0.3 is 12.3 Å². The molecule has 1 heterocycles. The van der Waals surface area contributed by atoms with E-state index in [1.54, 1.807) is 55.9 Å². The normalized spacial score (nSPS) is 11.6. The predicted molar refractivity (Wildman–Crippen MR) is 127 cm³/mol. The molecule has 190 valence electrons. The van der Waals surface area contributed by atoms with E-state index < -0.39 is 52.3 Å². The minimum Gasteiger partial charge on any atom is -0.444 e. The number of nitrogens with one attached hydrogen (secondary N) is 2. The van der Waals surface area contributed by atoms with Gasteiger partial charge in [0, 0.05) is 23.6 Å². The first-order chi connectivity index (χ1) is 16.7. The third-order valence-electron chi connectivity index (χ3n) is 4.61. The van der Waals surface area contributed by atoms with Crippen LogP contribution in [0, 0.1) is 0 Å². The molecule has 2 aromatic carbocycles. The zero-order chi connectivity index (χ0) is 26.7. The van der Waals surface area contributed by atoms with Crippen LogP contribution in [0.25, 0.3) is 5.69 Å². The van der Waals surface area contributed by atoms with E-state index in [9.17, 15) is 27.6 Å². The van der Waals surface area contributed by atoms with Gasteiger partial charge in [0.15, 0.2) is 5.78 Å². The zero-order valence-electron chi connectivity index (χ0n) is 19.4. The molecule has 0 aliphatic heterocycles. The molecule has 0 saturated heterocycles. The minimum atomic E-state index is -4.83. The maximum atomic E-state index is 13.4. The molecule has 0 fully saturated rings. The van der Waals surface area contributed by atoms with Crippen molar-refractivity contribution in [2.45, 2.75) is 39.0 Å². The number of carbonyl (C=O) groups excluding carboxylic acids is 3. The molecule has 2 N–H and O–H groups in total. The first-order valence-electron chi connectivity index (χ1n) is 10.5. The summed E-state index contributed by atoms with van der Waals surface area (Å²) in [6.45, 7) is 4.80. The first-order valence-corrected chi connectivity index (χ1v) is 10.9. The van der Waals surface area contributed by atoms with Gasteiger partial charge in [-0.05, 0) is 45.0 Å². The lowest BCUT2D eigenvalue weighted by molar-refractivity contribution is -0.137. The van der Waals surface area contributed by atoms with Gasteiger partial charge in [-0.3, -0.25) is 14.9 Å². The van der Waals surface area contributed by atoms with Gasteiger partial charge < -0.3 is 14.6 Å². The maximum Gasteiger partial charge on any atom is 0.417 e. The Labute approximate surface area is 209 Å². The fourth-order valence-electron chi connectivity index (χ4n) is 3.10. The Bertz CT molecular complexity index is 1290. The molecule has 12 heteroatoms. The van der Waals surface area contributed by atoms with E-state index in [0.717, 1.165) is 6.07 Å². The summed E-state index contributed by atoms with van der Waals surface area (Å²) >= 11 is 5.78. The third kappa shape index (κ3) is 7.08. The van der Waals surface area contributed by atoms with Crippen molar-refractivity contribution < 1.29 is 32.3 Å². The number of Topliss-reactive ketones (excluding diaryl/α,β-unsaturated/α-hetero) is 1. The van der Waals surface area contributed by atoms with Crippen LogP contribution in [0.3, 0.4) is 0 Å². The molecule has 0 aliphatic carbocycles. The summed E-state index contributed by atoms with van der Waals surface area (Å²) in [6, 6.07) is 7.85. The Hall–Kier alpha value is -3.86. The van der Waals surface area contributed by atoms with E-state index in [-0.39, 0.29) is 11.3 Å². The van der Waals surface area contributed by atoms with E-state index in [1.807, 2.05) is 0 Å². The molecular weight excluding hydrogens is 501 g/mol. The van der Waals surface area contributed by atoms with Crippen molar-refractivity contribution in [3.8, 4) is 5.69 Å². The van der Waals surface area contributed by atoms with Crippen molar-refractivity contribution in [2.24, 2.45) is 0 Å². The Morgan fingerprint density at radius 1 is 1.06 bits per heavy atom. The highest BCUT2D eigenvalue weighted by molar-refractivity contribution is 6.32. The van der Waals surface area contributed by atoms with Crippen LogP contribution in [0.5, 0.6) is 0 Å². The first kappa shape index (κ1) is 26.7. The zero-order valence-corrected chi connectivity index (χ0v) is 20.2. The van der Waals surface area contributed by atoms with Gasteiger partial charge in [-0.25, -0.2) is 9.78 Å². The third-order valence-corrected chi connectivity index (χ3v) is 4.93. The molecule has 3 rings (SSSR count). The smallest absolute Gasteiger partial charge is 0.417 e. The molecular formula is C24H22ClF3N4O4. The molecule has 36 heavy (non-hydrogen) atoms. The summed E-state index contributed by atoms with van der Waals surface area (Å²) in [4.78, 5) is 41.4. The molecule has 3 aromatic rings. The second-order valence-electron chi connectivity index (χ2n) is 8.67. The van der Waals surface area contributed by atoms with Crippen molar-refractivity contribution in [1.82, 2.24) is 9.55 Å². The molecule has 0 unspecified atom stereocenters. The lowest BCUT2D eigenvalue weighted by Crippen LogP contribution is -2.28. The van der Waals surface area contributed by atoms with Crippen molar-refractivity contribution in [3.63, 3.8) is 0 Å². The number of rotatable bonds is 6. The number of nitrogens with zero attached hydrogens (tertiary/aromatic N) is 2. The second-order valence-corrected chi connectivity index (χ2v) is 9.08. The van der Waals surface area contributed by atoms with E-state index >= 15 is 0 Å². The van der Waals surface area contributed by atoms with Gasteiger partial charge in [0.25, 0.3) is 0 Å². The van der Waals surface area contributed by atoms with Gasteiger partial charge in [-0.15, -0.1) is 0 Å². The molecule has 0 saturated carbocycles. The molecule has 0 radical (unpaired) electrons. The Morgan fingerprint density at radius 2 is 1.75 bits per heavy atom. The lowest BCUT2D eigenvalue weighted by atomic mass is 10.1. The van der Waals surface area contributed by atoms with E-state index in [0.29, 0.717) is 11.8 Å². The number of alkyl halides is 3. The van der Waals surface area contributed by atoms with Crippen LogP contribution in [-0.4, -0.2) is 32.9 Å². The van der Waals surface area contributed by atoms with Crippen LogP contribution in [0.4, 0.5) is 29.3 Å². The van der Waals surface area contributed by atoms with Crippen molar-refractivity contribution in [3.05, 3.63) is 71.3 Å². The Balaban J connectivity index is 1.83. The average Bonchev–Trinajstić information content (AvgIpc) is 3.28. The molecule has 0 aliphatic rings. The Morgan fingerprint density at radius 3 is 2.36 bits per heavy atom. The number of hydrogen-bond acceptors (Lipinski definition) is 5. The van der Waals surface area contributed by atoms with Crippen LogP contribution in [0.1, 0.15) is 43.1 Å². The average molecular weight is 523 g/mol. The van der Waals surface area contributed by atoms with Crippen molar-refractivity contribution in [1.29, 1.82) is 0 Å². The number of carbonyl (C=O) groups is 3. The standard InChI is InChI=1S/C24H22ClF3N4O4/c1-23(2,3)36-22(35)31-19-11-17(25)16(24(26,27)28)10-18(19)30-21(34)12-20(33)14-5-4-6-15(9-14)32-8-7-29-13-32/h4-11,13H,12H2,1-3H3,(H,30,34)(H,31,35). The van der Waals surface area contributed by atoms with Crippen LogP contribution in [-0.2, 0) is 15.7 Å². The van der Waals surface area contributed by atoms with Crippen LogP contribution >= 0.6 is 11.6 Å². The van der Waals surface area contributed by atoms with Crippen molar-refractivity contribution in [2.75, 3.05) is 10.6 Å². The SMILES string of the molecule is CC(C)(C)OC(=O)Nc1cc(Cl)c(C(F)(F)F)cc1NC(=O)CC(=O)c1cccc(-n2ccnc2)c1. The molecule has 0 bridgehead atoms. The highest BCUT2D eigenvalue weighted by atomic mass is 35.5. The number of aromatic nitrogens is 2. The van der Waals surface area contributed by atoms with Gasteiger partial charge in [-0.1, -0.05) is 23.7 Å². The van der Waals surface area contributed by atoms with Crippen molar-refractivity contribution >= 4 is 40.8 Å². The van der Waals surface area contributed by atoms with E-state index in [4.69, 9.17) is 16.3 Å². The summed E-state index contributed by atoms with van der Waals surface area (Å²) in [5.74, 6) is -1.46. The number of imidazole rings is 1. The van der Waals surface area contributed by atoms with Crippen LogP contribution in [0.15, 0.2) is 55.1 Å². The number of benzene rings is 2. The molecule has 1 aromatic heterocycles. The number of halogens is 4. The molecule has 8 nitrogen and oxygen atoms in total. The second kappa shape index (κ2) is 10.4. The largest absolute Gasteiger partial charge is 0.444 e. The molecule has 0 atom stereocenters. The minimum absolute atomic E-state index is 0.218. The lowest BCUT2D eigenvalue weighted by Gasteiger charge is -2.21. The number of anilines is 2. The van der Waals surface area contributed by atoms with Crippen LogP contribution in [0.2, 0.25) is 5.02 Å². The summed E-state index contributed by atoms with van der Waals surface area (Å²) in [7, 11) is 0. The highest BCUT2D eigenvalue weighted by Crippen LogP contribution is 2.39. The number of hydrogen-bond donors (Lipinski definition) is 2. The summed E-state index contributed by atoms with van der Waals surface area (Å²) in [5, 5.41) is 3.84. The number of amides is 2. The van der Waals surface area contributed by atoms with E-state index in [1.165, 1.54) is 12.4 Å². The van der Waals surface area contributed by atoms with Gasteiger partial charge in [-0.2, -0.15) is 13.2 Å². The van der Waals surface area contributed by atoms with E-state index in [2.05, 4.69) is 15.6 Å². The monoisotopic (exact) mass is 522 g/mol. The number of ketones is 1. The van der Waals surface area contributed by atoms with Crippen LogP contribution < -0.4 is 10.6 Å². The summed E-state index contributed by atoms with van der Waals surface area (Å²) in [6.07, 6.45) is -1.69. The van der Waals surface area contributed by atoms with Gasteiger partial charge in [0.05, 0.1) is 34.7 Å². The fourth-order valence-corrected chi connectivity index (χ4v) is 3.38. The maximum absolute atomic E-state index is 13.4. The molecule has 0 spiro atoms. The topological polar surface area (TPSA) is 102 Å². The quantitative estimate of drug-likeness (QED) is 0.301. The Kier molecular flexibility index (Phi) is 7.73. The fraction of sp³-hybridized carbons (Fsp3) is 0.250. The van der Waals surface area contributed by atoms with Gasteiger partial charge in [0.1, 0.15) is 5.60 Å².